The average molecular weight is 270 g/mol. The summed E-state index contributed by atoms with van der Waals surface area (Å²) in [6.07, 6.45) is 4.38. The standard InChI is InChI=1S/C13H20ClN3O/c1-3-5-12-16-11(14)8-13(17-12)15-9(2)10-6-4-7-18-10/h8-10H,3-7H2,1-2H3,(H,15,16,17). The highest BCUT2D eigenvalue weighted by Gasteiger charge is 2.22. The number of hydrogen-bond acceptors (Lipinski definition) is 4. The monoisotopic (exact) mass is 269 g/mol. The summed E-state index contributed by atoms with van der Waals surface area (Å²) >= 11 is 6.01. The Bertz CT molecular complexity index is 394. The van der Waals surface area contributed by atoms with Crippen molar-refractivity contribution >= 4 is 17.4 Å². The topological polar surface area (TPSA) is 47.0 Å². The van der Waals surface area contributed by atoms with Crippen LogP contribution in [0.25, 0.3) is 0 Å². The maximum absolute atomic E-state index is 6.01. The lowest BCUT2D eigenvalue weighted by Gasteiger charge is -2.20. The van der Waals surface area contributed by atoms with Crippen LogP contribution < -0.4 is 5.32 Å². The Kier molecular flexibility index (Phi) is 4.78. The van der Waals surface area contributed by atoms with Gasteiger partial charge in [0.2, 0.25) is 0 Å². The van der Waals surface area contributed by atoms with Crippen molar-refractivity contribution in [2.24, 2.45) is 0 Å². The van der Waals surface area contributed by atoms with Crippen LogP contribution in [0, 0.1) is 0 Å². The van der Waals surface area contributed by atoms with Crippen LogP contribution in [0.1, 0.15) is 38.9 Å². The van der Waals surface area contributed by atoms with E-state index in [2.05, 4.69) is 29.1 Å². The summed E-state index contributed by atoms with van der Waals surface area (Å²) in [6.45, 7) is 5.08. The number of anilines is 1. The number of halogens is 1. The summed E-state index contributed by atoms with van der Waals surface area (Å²) < 4.78 is 5.66. The van der Waals surface area contributed by atoms with E-state index in [1.54, 1.807) is 6.07 Å². The molecule has 0 aliphatic carbocycles. The molecule has 2 atom stereocenters. The van der Waals surface area contributed by atoms with E-state index in [0.29, 0.717) is 5.15 Å². The lowest BCUT2D eigenvalue weighted by molar-refractivity contribution is 0.0995. The molecule has 0 bridgehead atoms. The average Bonchev–Trinajstić information content (AvgIpc) is 2.81. The van der Waals surface area contributed by atoms with Crippen LogP contribution in [0.2, 0.25) is 5.15 Å². The van der Waals surface area contributed by atoms with Crippen molar-refractivity contribution in [1.82, 2.24) is 9.97 Å². The van der Waals surface area contributed by atoms with E-state index in [0.717, 1.165) is 43.9 Å². The molecule has 1 N–H and O–H groups in total. The number of nitrogens with one attached hydrogen (secondary N) is 1. The van der Waals surface area contributed by atoms with Gasteiger partial charge in [0.15, 0.2) is 0 Å². The molecule has 0 radical (unpaired) electrons. The largest absolute Gasteiger partial charge is 0.376 e. The van der Waals surface area contributed by atoms with Gasteiger partial charge in [0.25, 0.3) is 0 Å². The van der Waals surface area contributed by atoms with E-state index >= 15 is 0 Å². The highest BCUT2D eigenvalue weighted by Crippen LogP contribution is 2.19. The highest BCUT2D eigenvalue weighted by atomic mass is 35.5. The molecule has 1 saturated heterocycles. The van der Waals surface area contributed by atoms with Crippen molar-refractivity contribution in [1.29, 1.82) is 0 Å². The van der Waals surface area contributed by atoms with Crippen molar-refractivity contribution in [3.63, 3.8) is 0 Å². The van der Waals surface area contributed by atoms with Crippen molar-refractivity contribution in [3.8, 4) is 0 Å². The Balaban J connectivity index is 2.03. The Morgan fingerprint density at radius 2 is 2.39 bits per heavy atom. The summed E-state index contributed by atoms with van der Waals surface area (Å²) in [7, 11) is 0. The van der Waals surface area contributed by atoms with E-state index in [1.165, 1.54) is 0 Å². The zero-order valence-electron chi connectivity index (χ0n) is 10.9. The van der Waals surface area contributed by atoms with E-state index in [9.17, 15) is 0 Å². The molecule has 2 heterocycles. The van der Waals surface area contributed by atoms with Crippen LogP contribution in [-0.4, -0.2) is 28.7 Å². The van der Waals surface area contributed by atoms with Crippen molar-refractivity contribution in [2.75, 3.05) is 11.9 Å². The molecule has 1 fully saturated rings. The number of aryl methyl sites for hydroxylation is 1. The third-order valence-electron chi connectivity index (χ3n) is 3.11. The first kappa shape index (κ1) is 13.6. The molecule has 1 aromatic rings. The Labute approximate surface area is 113 Å². The predicted molar refractivity (Wildman–Crippen MR) is 73.1 cm³/mol. The molecule has 4 nitrogen and oxygen atoms in total. The lowest BCUT2D eigenvalue weighted by atomic mass is 10.1. The zero-order chi connectivity index (χ0) is 13.0. The van der Waals surface area contributed by atoms with Crippen molar-refractivity contribution in [2.45, 2.75) is 51.7 Å². The maximum atomic E-state index is 6.01. The molecule has 0 saturated carbocycles. The van der Waals surface area contributed by atoms with Crippen molar-refractivity contribution in [3.05, 3.63) is 17.0 Å². The molecule has 0 aromatic carbocycles. The van der Waals surface area contributed by atoms with Gasteiger partial charge < -0.3 is 10.1 Å². The van der Waals surface area contributed by atoms with E-state index in [4.69, 9.17) is 16.3 Å². The van der Waals surface area contributed by atoms with Gasteiger partial charge >= 0.3 is 0 Å². The number of hydrogen-bond donors (Lipinski definition) is 1. The summed E-state index contributed by atoms with van der Waals surface area (Å²) in [5, 5.41) is 3.86. The van der Waals surface area contributed by atoms with Gasteiger partial charge in [-0.15, -0.1) is 0 Å². The van der Waals surface area contributed by atoms with Gasteiger partial charge in [-0.1, -0.05) is 18.5 Å². The second kappa shape index (κ2) is 6.34. The first-order chi connectivity index (χ1) is 8.69. The Hall–Kier alpha value is -0.870. The second-order valence-electron chi connectivity index (χ2n) is 4.73. The molecule has 1 aliphatic heterocycles. The molecule has 2 unspecified atom stereocenters. The fraction of sp³-hybridized carbons (Fsp3) is 0.692. The van der Waals surface area contributed by atoms with Gasteiger partial charge in [0.05, 0.1) is 12.1 Å². The fourth-order valence-corrected chi connectivity index (χ4v) is 2.40. The predicted octanol–water partition coefficient (Wildman–Crippen LogP) is 3.06. The molecular formula is C13H20ClN3O. The molecular weight excluding hydrogens is 250 g/mol. The second-order valence-corrected chi connectivity index (χ2v) is 5.11. The number of rotatable bonds is 5. The first-order valence-electron chi connectivity index (χ1n) is 6.60. The molecule has 0 amide bonds. The van der Waals surface area contributed by atoms with Crippen LogP contribution in [0.15, 0.2) is 6.07 Å². The van der Waals surface area contributed by atoms with Gasteiger partial charge in [-0.25, -0.2) is 9.97 Å². The molecule has 100 valence electrons. The van der Waals surface area contributed by atoms with Gasteiger partial charge in [-0.3, -0.25) is 0 Å². The molecule has 2 rings (SSSR count). The van der Waals surface area contributed by atoms with Gasteiger partial charge in [0, 0.05) is 19.1 Å². The van der Waals surface area contributed by atoms with Crippen LogP contribution in [0.3, 0.4) is 0 Å². The zero-order valence-corrected chi connectivity index (χ0v) is 11.7. The first-order valence-corrected chi connectivity index (χ1v) is 6.98. The quantitative estimate of drug-likeness (QED) is 0.835. The lowest BCUT2D eigenvalue weighted by Crippen LogP contribution is -2.30. The molecule has 18 heavy (non-hydrogen) atoms. The third-order valence-corrected chi connectivity index (χ3v) is 3.31. The Morgan fingerprint density at radius 1 is 1.56 bits per heavy atom. The summed E-state index contributed by atoms with van der Waals surface area (Å²) in [5.41, 5.74) is 0. The Morgan fingerprint density at radius 3 is 3.06 bits per heavy atom. The van der Waals surface area contributed by atoms with E-state index < -0.39 is 0 Å². The molecule has 1 aromatic heterocycles. The van der Waals surface area contributed by atoms with Crippen LogP contribution in [-0.2, 0) is 11.2 Å². The fourth-order valence-electron chi connectivity index (χ4n) is 2.20. The summed E-state index contributed by atoms with van der Waals surface area (Å²) in [6, 6.07) is 2.01. The van der Waals surface area contributed by atoms with Gasteiger partial charge in [-0.05, 0) is 26.2 Å². The number of nitrogens with zero attached hydrogens (tertiary/aromatic N) is 2. The van der Waals surface area contributed by atoms with Crippen LogP contribution in [0.4, 0.5) is 5.82 Å². The van der Waals surface area contributed by atoms with Crippen molar-refractivity contribution < 1.29 is 4.74 Å². The molecule has 1 aliphatic rings. The third kappa shape index (κ3) is 3.56. The summed E-state index contributed by atoms with van der Waals surface area (Å²) in [5.74, 6) is 1.59. The van der Waals surface area contributed by atoms with Crippen LogP contribution in [0.5, 0.6) is 0 Å². The van der Waals surface area contributed by atoms with Gasteiger partial charge in [0.1, 0.15) is 16.8 Å². The van der Waals surface area contributed by atoms with E-state index in [-0.39, 0.29) is 12.1 Å². The van der Waals surface area contributed by atoms with Gasteiger partial charge in [-0.2, -0.15) is 0 Å². The number of aromatic nitrogens is 2. The molecule has 5 heteroatoms. The van der Waals surface area contributed by atoms with E-state index in [1.807, 2.05) is 0 Å². The summed E-state index contributed by atoms with van der Waals surface area (Å²) in [4.78, 5) is 8.68. The van der Waals surface area contributed by atoms with Crippen LogP contribution >= 0.6 is 11.6 Å². The maximum Gasteiger partial charge on any atom is 0.134 e. The minimum absolute atomic E-state index is 0.243. The normalized spacial score (nSPS) is 20.9. The molecule has 0 spiro atoms. The smallest absolute Gasteiger partial charge is 0.134 e. The highest BCUT2D eigenvalue weighted by molar-refractivity contribution is 6.29. The minimum atomic E-state index is 0.243. The SMILES string of the molecule is CCCc1nc(Cl)cc(NC(C)C2CCCO2)n1. The number of ether oxygens (including phenoxy) is 1. The minimum Gasteiger partial charge on any atom is -0.376 e.